The lowest BCUT2D eigenvalue weighted by Crippen LogP contribution is -2.00. The number of ketones is 1. The molecule has 0 fully saturated rings. The molecule has 2 aliphatic heterocycles. The van der Waals surface area contributed by atoms with Crippen LogP contribution >= 0.6 is 0 Å². The maximum absolute atomic E-state index is 12.2. The summed E-state index contributed by atoms with van der Waals surface area (Å²) in [6, 6.07) is 13.7. The van der Waals surface area contributed by atoms with Crippen molar-refractivity contribution in [2.75, 3.05) is 14.2 Å². The molecule has 0 N–H and O–H groups in total. The molecule has 2 heterocycles. The topological polar surface area (TPSA) is 44.8 Å². The van der Waals surface area contributed by atoms with E-state index >= 15 is 0 Å². The summed E-state index contributed by atoms with van der Waals surface area (Å²) in [5.74, 6) is 2.87. The minimum absolute atomic E-state index is 0.0692. The molecule has 0 spiro atoms. The first-order valence-corrected chi connectivity index (χ1v) is 8.39. The summed E-state index contributed by atoms with van der Waals surface area (Å²) < 4.78 is 16.7. The zero-order valence-corrected chi connectivity index (χ0v) is 14.6. The minimum Gasteiger partial charge on any atom is -0.501 e. The van der Waals surface area contributed by atoms with Crippen molar-refractivity contribution in [2.45, 2.75) is 25.7 Å². The second-order valence-corrected chi connectivity index (χ2v) is 6.01. The zero-order chi connectivity index (χ0) is 17.6. The fourth-order valence-electron chi connectivity index (χ4n) is 2.83. The molecule has 25 heavy (non-hydrogen) atoms. The number of hydrogen-bond donors (Lipinski definition) is 0. The third-order valence-electron chi connectivity index (χ3n) is 4.28. The fourth-order valence-corrected chi connectivity index (χ4v) is 2.83. The van der Waals surface area contributed by atoms with Crippen molar-refractivity contribution in [2.24, 2.45) is 0 Å². The standard InChI is InChI=1S/C21H22O4/c1-23-19-11-6-15-4-9-18(10-5-15)25-21-13-16(3-8-17(22)14-19)7-12-20(21)24-2/h4-5,7,9-10,12-14H,3,6,8,11H2,1-2H3/b19-14+. The van der Waals surface area contributed by atoms with Gasteiger partial charge in [-0.15, -0.1) is 0 Å². The van der Waals surface area contributed by atoms with Gasteiger partial charge in [0, 0.05) is 18.9 Å². The lowest BCUT2D eigenvalue weighted by atomic mass is 10.1. The molecule has 0 aliphatic carbocycles. The van der Waals surface area contributed by atoms with Crippen LogP contribution in [0.15, 0.2) is 54.3 Å². The second-order valence-electron chi connectivity index (χ2n) is 6.01. The van der Waals surface area contributed by atoms with E-state index in [0.717, 1.165) is 23.5 Å². The van der Waals surface area contributed by atoms with E-state index in [4.69, 9.17) is 14.2 Å². The minimum atomic E-state index is 0.0692. The summed E-state index contributed by atoms with van der Waals surface area (Å²) in [7, 11) is 3.23. The first kappa shape index (κ1) is 17.1. The van der Waals surface area contributed by atoms with E-state index in [9.17, 15) is 4.79 Å². The van der Waals surface area contributed by atoms with Gasteiger partial charge in [0.25, 0.3) is 0 Å². The molecule has 0 atom stereocenters. The SMILES string of the molecule is CO/C1=C/C(=O)CCc2ccc(OC)c(c2)Oc2ccc(cc2)CC1. The molecule has 2 aromatic carbocycles. The van der Waals surface area contributed by atoms with Crippen LogP contribution in [0.25, 0.3) is 0 Å². The normalized spacial score (nSPS) is 16.9. The van der Waals surface area contributed by atoms with Crippen molar-refractivity contribution in [3.63, 3.8) is 0 Å². The predicted octanol–water partition coefficient (Wildman–Crippen LogP) is 4.47. The number of fused-ring (bicyclic) bond motifs is 7. The number of rotatable bonds is 2. The van der Waals surface area contributed by atoms with E-state index in [1.807, 2.05) is 42.5 Å². The maximum atomic E-state index is 12.2. The van der Waals surface area contributed by atoms with Crippen LogP contribution in [0.4, 0.5) is 0 Å². The molecule has 4 nitrogen and oxygen atoms in total. The highest BCUT2D eigenvalue weighted by Crippen LogP contribution is 2.33. The van der Waals surface area contributed by atoms with Gasteiger partial charge in [-0.05, 0) is 48.2 Å². The van der Waals surface area contributed by atoms with E-state index in [1.54, 1.807) is 20.3 Å². The third-order valence-corrected chi connectivity index (χ3v) is 4.28. The van der Waals surface area contributed by atoms with Crippen LogP contribution in [0.5, 0.6) is 17.2 Å². The van der Waals surface area contributed by atoms with E-state index in [2.05, 4.69) is 0 Å². The first-order chi connectivity index (χ1) is 12.2. The summed E-state index contributed by atoms with van der Waals surface area (Å²) in [5.41, 5.74) is 2.20. The Kier molecular flexibility index (Phi) is 5.39. The Hall–Kier alpha value is -2.75. The Bertz CT molecular complexity index is 775. The van der Waals surface area contributed by atoms with E-state index < -0.39 is 0 Å². The van der Waals surface area contributed by atoms with Gasteiger partial charge in [-0.2, -0.15) is 0 Å². The number of methoxy groups -OCH3 is 2. The highest BCUT2D eigenvalue weighted by Gasteiger charge is 2.10. The smallest absolute Gasteiger partial charge is 0.169 e. The van der Waals surface area contributed by atoms with Crippen LogP contribution in [0, 0.1) is 0 Å². The number of carbonyl (C=O) groups excluding carboxylic acids is 1. The zero-order valence-electron chi connectivity index (χ0n) is 14.6. The van der Waals surface area contributed by atoms with Gasteiger partial charge in [-0.1, -0.05) is 18.2 Å². The lowest BCUT2D eigenvalue weighted by molar-refractivity contribution is -0.114. The molecule has 2 aliphatic rings. The maximum Gasteiger partial charge on any atom is 0.169 e. The molecule has 130 valence electrons. The average molecular weight is 338 g/mol. The average Bonchev–Trinajstić information content (AvgIpc) is 2.64. The van der Waals surface area contributed by atoms with E-state index in [-0.39, 0.29) is 5.78 Å². The molecule has 0 amide bonds. The van der Waals surface area contributed by atoms with Gasteiger partial charge in [0.15, 0.2) is 17.3 Å². The van der Waals surface area contributed by atoms with E-state index in [1.165, 1.54) is 5.56 Å². The number of allylic oxidation sites excluding steroid dienone is 2. The van der Waals surface area contributed by atoms with Crippen molar-refractivity contribution >= 4 is 5.78 Å². The summed E-state index contributed by atoms with van der Waals surface area (Å²) in [6.45, 7) is 0. The van der Waals surface area contributed by atoms with Gasteiger partial charge in [0.05, 0.1) is 20.0 Å². The van der Waals surface area contributed by atoms with Gasteiger partial charge >= 0.3 is 0 Å². The van der Waals surface area contributed by atoms with Gasteiger partial charge in [-0.3, -0.25) is 4.79 Å². The molecule has 4 heteroatoms. The Morgan fingerprint density at radius 3 is 2.28 bits per heavy atom. The molecule has 0 radical (unpaired) electrons. The highest BCUT2D eigenvalue weighted by atomic mass is 16.5. The van der Waals surface area contributed by atoms with Crippen molar-refractivity contribution < 1.29 is 19.0 Å². The number of carbonyl (C=O) groups is 1. The Balaban J connectivity index is 1.97. The van der Waals surface area contributed by atoms with Crippen molar-refractivity contribution in [3.8, 4) is 17.2 Å². The Morgan fingerprint density at radius 2 is 1.56 bits per heavy atom. The fraction of sp³-hybridized carbons (Fsp3) is 0.286. The van der Waals surface area contributed by atoms with Crippen molar-refractivity contribution in [1.29, 1.82) is 0 Å². The van der Waals surface area contributed by atoms with Crippen LogP contribution in [-0.2, 0) is 22.4 Å². The van der Waals surface area contributed by atoms with Crippen molar-refractivity contribution in [1.82, 2.24) is 0 Å². The quantitative estimate of drug-likeness (QED) is 0.811. The molecule has 0 saturated carbocycles. The van der Waals surface area contributed by atoms with Crippen LogP contribution in [0.2, 0.25) is 0 Å². The van der Waals surface area contributed by atoms with Crippen LogP contribution < -0.4 is 9.47 Å². The molecule has 2 aromatic rings. The monoisotopic (exact) mass is 338 g/mol. The highest BCUT2D eigenvalue weighted by molar-refractivity contribution is 5.90. The summed E-state index contributed by atoms with van der Waals surface area (Å²) in [5, 5.41) is 0. The Morgan fingerprint density at radius 1 is 0.840 bits per heavy atom. The van der Waals surface area contributed by atoms with Gasteiger partial charge < -0.3 is 14.2 Å². The molecule has 0 saturated heterocycles. The number of ether oxygens (including phenoxy) is 3. The summed E-state index contributed by atoms with van der Waals surface area (Å²) >= 11 is 0. The number of benzene rings is 2. The number of aryl methyl sites for hydroxylation is 2. The van der Waals surface area contributed by atoms with Crippen LogP contribution in [0.1, 0.15) is 24.0 Å². The molecule has 4 rings (SSSR count). The van der Waals surface area contributed by atoms with Gasteiger partial charge in [0.1, 0.15) is 5.75 Å². The molecule has 4 bridgehead atoms. The largest absolute Gasteiger partial charge is 0.501 e. The Labute approximate surface area is 148 Å². The van der Waals surface area contributed by atoms with E-state index in [0.29, 0.717) is 30.8 Å². The van der Waals surface area contributed by atoms with Gasteiger partial charge in [-0.25, -0.2) is 0 Å². The molecule has 0 aromatic heterocycles. The summed E-state index contributed by atoms with van der Waals surface area (Å²) in [6.07, 6.45) is 4.20. The van der Waals surface area contributed by atoms with Crippen LogP contribution in [0.3, 0.4) is 0 Å². The first-order valence-electron chi connectivity index (χ1n) is 8.39. The summed E-state index contributed by atoms with van der Waals surface area (Å²) in [4.78, 5) is 12.2. The third kappa shape index (κ3) is 4.41. The molecule has 0 unspecified atom stereocenters. The molecular weight excluding hydrogens is 316 g/mol. The predicted molar refractivity (Wildman–Crippen MR) is 96.3 cm³/mol. The van der Waals surface area contributed by atoms with Gasteiger partial charge in [0.2, 0.25) is 0 Å². The molecular formula is C21H22O4. The van der Waals surface area contributed by atoms with Crippen molar-refractivity contribution in [3.05, 3.63) is 65.4 Å². The van der Waals surface area contributed by atoms with Crippen LogP contribution in [-0.4, -0.2) is 20.0 Å². The second kappa shape index (κ2) is 7.88. The number of hydrogen-bond acceptors (Lipinski definition) is 4. The lowest BCUT2D eigenvalue weighted by Gasteiger charge is -2.12.